The highest BCUT2D eigenvalue weighted by molar-refractivity contribution is 5.79. The number of nitrogens with zero attached hydrogens (tertiary/aromatic N) is 1. The topological polar surface area (TPSA) is 52.6 Å². The van der Waals surface area contributed by atoms with Gasteiger partial charge in [0.05, 0.1) is 5.92 Å². The molecule has 0 fully saturated rings. The number of nitrogens with one attached hydrogen (secondary N) is 1. The lowest BCUT2D eigenvalue weighted by atomic mass is 9.98. The predicted molar refractivity (Wildman–Crippen MR) is 66.0 cm³/mol. The molecule has 0 aromatic heterocycles. The van der Waals surface area contributed by atoms with Gasteiger partial charge in [-0.3, -0.25) is 9.69 Å². The smallest absolute Gasteiger partial charge is 0.227 e. The van der Waals surface area contributed by atoms with E-state index in [2.05, 4.69) is 12.2 Å². The Morgan fingerprint density at radius 2 is 1.94 bits per heavy atom. The molecule has 0 aliphatic rings. The first-order valence-corrected chi connectivity index (χ1v) is 6.05. The van der Waals surface area contributed by atoms with Crippen LogP contribution in [-0.4, -0.2) is 42.3 Å². The molecule has 0 aliphatic carbocycles. The Morgan fingerprint density at radius 1 is 1.38 bits per heavy atom. The SMILES string of the molecule is CCCCC(C(=O)NC(C)C)C(O)N(C)C. The molecule has 0 aromatic rings. The summed E-state index contributed by atoms with van der Waals surface area (Å²) in [5.74, 6) is -0.387. The number of hydrogen-bond donors (Lipinski definition) is 2. The lowest BCUT2D eigenvalue weighted by Gasteiger charge is -2.27. The third-order valence-corrected chi connectivity index (χ3v) is 2.53. The molecule has 4 nitrogen and oxygen atoms in total. The summed E-state index contributed by atoms with van der Waals surface area (Å²) < 4.78 is 0. The van der Waals surface area contributed by atoms with Crippen LogP contribution in [0.25, 0.3) is 0 Å². The molecule has 0 bridgehead atoms. The number of aliphatic hydroxyl groups excluding tert-OH is 1. The molecule has 0 aromatic carbocycles. The molecule has 0 aliphatic heterocycles. The quantitative estimate of drug-likeness (QED) is 0.646. The van der Waals surface area contributed by atoms with E-state index in [4.69, 9.17) is 0 Å². The van der Waals surface area contributed by atoms with Crippen LogP contribution in [0.2, 0.25) is 0 Å². The molecule has 0 rings (SSSR count). The highest BCUT2D eigenvalue weighted by Gasteiger charge is 2.27. The Labute approximate surface area is 99.0 Å². The molecule has 4 heteroatoms. The summed E-state index contributed by atoms with van der Waals surface area (Å²) in [4.78, 5) is 13.6. The summed E-state index contributed by atoms with van der Waals surface area (Å²) in [6, 6.07) is 0.117. The fraction of sp³-hybridized carbons (Fsp3) is 0.917. The Bertz CT molecular complexity index is 205. The van der Waals surface area contributed by atoms with Crippen molar-refractivity contribution in [2.75, 3.05) is 14.1 Å². The van der Waals surface area contributed by atoms with Gasteiger partial charge in [0.2, 0.25) is 5.91 Å². The van der Waals surface area contributed by atoms with Crippen LogP contribution in [-0.2, 0) is 4.79 Å². The molecule has 0 heterocycles. The van der Waals surface area contributed by atoms with Crippen LogP contribution in [0.15, 0.2) is 0 Å². The predicted octanol–water partition coefficient (Wildman–Crippen LogP) is 1.20. The fourth-order valence-corrected chi connectivity index (χ4v) is 1.59. The van der Waals surface area contributed by atoms with Crippen molar-refractivity contribution in [2.24, 2.45) is 5.92 Å². The molecule has 0 saturated heterocycles. The summed E-state index contributed by atoms with van der Waals surface area (Å²) in [7, 11) is 3.57. The lowest BCUT2D eigenvalue weighted by molar-refractivity contribution is -0.134. The monoisotopic (exact) mass is 230 g/mol. The largest absolute Gasteiger partial charge is 0.378 e. The fourth-order valence-electron chi connectivity index (χ4n) is 1.59. The minimum Gasteiger partial charge on any atom is -0.378 e. The van der Waals surface area contributed by atoms with Gasteiger partial charge in [0.15, 0.2) is 0 Å². The van der Waals surface area contributed by atoms with Gasteiger partial charge < -0.3 is 10.4 Å². The third-order valence-electron chi connectivity index (χ3n) is 2.53. The molecular weight excluding hydrogens is 204 g/mol. The number of amides is 1. The zero-order chi connectivity index (χ0) is 12.7. The first kappa shape index (κ1) is 15.4. The maximum Gasteiger partial charge on any atom is 0.227 e. The molecule has 96 valence electrons. The van der Waals surface area contributed by atoms with Crippen LogP contribution in [0.1, 0.15) is 40.0 Å². The third kappa shape index (κ3) is 5.47. The Balaban J connectivity index is 4.46. The van der Waals surface area contributed by atoms with E-state index in [9.17, 15) is 9.90 Å². The van der Waals surface area contributed by atoms with E-state index in [-0.39, 0.29) is 17.9 Å². The first-order valence-electron chi connectivity index (χ1n) is 6.05. The molecular formula is C12H26N2O2. The maximum absolute atomic E-state index is 11.9. The summed E-state index contributed by atoms with van der Waals surface area (Å²) in [5, 5.41) is 12.8. The van der Waals surface area contributed by atoms with E-state index in [1.807, 2.05) is 13.8 Å². The van der Waals surface area contributed by atoms with Gasteiger partial charge >= 0.3 is 0 Å². The zero-order valence-electron chi connectivity index (χ0n) is 11.2. The van der Waals surface area contributed by atoms with Crippen molar-refractivity contribution < 1.29 is 9.90 Å². The second kappa shape index (κ2) is 7.63. The van der Waals surface area contributed by atoms with Crippen molar-refractivity contribution in [2.45, 2.75) is 52.3 Å². The number of hydrogen-bond acceptors (Lipinski definition) is 3. The van der Waals surface area contributed by atoms with Crippen LogP contribution >= 0.6 is 0 Å². The molecule has 1 amide bonds. The van der Waals surface area contributed by atoms with Crippen molar-refractivity contribution in [3.8, 4) is 0 Å². The number of carbonyl (C=O) groups is 1. The lowest BCUT2D eigenvalue weighted by Crippen LogP contribution is -2.45. The molecule has 2 unspecified atom stereocenters. The molecule has 0 spiro atoms. The van der Waals surface area contributed by atoms with Crippen LogP contribution in [0.4, 0.5) is 0 Å². The number of carbonyl (C=O) groups excluding carboxylic acids is 1. The van der Waals surface area contributed by atoms with Gasteiger partial charge in [0.25, 0.3) is 0 Å². The van der Waals surface area contributed by atoms with Crippen LogP contribution < -0.4 is 5.32 Å². The van der Waals surface area contributed by atoms with Gasteiger partial charge in [0.1, 0.15) is 6.23 Å². The maximum atomic E-state index is 11.9. The summed E-state index contributed by atoms with van der Waals surface area (Å²) in [6.07, 6.45) is 2.02. The van der Waals surface area contributed by atoms with Gasteiger partial charge in [-0.1, -0.05) is 19.8 Å². The van der Waals surface area contributed by atoms with E-state index < -0.39 is 6.23 Å². The average Bonchev–Trinajstić information content (AvgIpc) is 2.16. The van der Waals surface area contributed by atoms with Gasteiger partial charge in [-0.05, 0) is 34.4 Å². The van der Waals surface area contributed by atoms with E-state index in [1.54, 1.807) is 19.0 Å². The normalized spacial score (nSPS) is 15.2. The van der Waals surface area contributed by atoms with Crippen molar-refractivity contribution in [3.05, 3.63) is 0 Å². The minimum absolute atomic E-state index is 0.0512. The molecule has 0 radical (unpaired) electrons. The molecule has 2 N–H and O–H groups in total. The van der Waals surface area contributed by atoms with E-state index >= 15 is 0 Å². The van der Waals surface area contributed by atoms with E-state index in [0.717, 1.165) is 19.3 Å². The minimum atomic E-state index is -0.703. The van der Waals surface area contributed by atoms with Crippen molar-refractivity contribution in [1.82, 2.24) is 10.2 Å². The number of aliphatic hydroxyl groups is 1. The average molecular weight is 230 g/mol. The van der Waals surface area contributed by atoms with Gasteiger partial charge in [0, 0.05) is 6.04 Å². The zero-order valence-corrected chi connectivity index (χ0v) is 11.2. The standard InChI is InChI=1S/C12H26N2O2/c1-6-7-8-10(12(16)14(4)5)11(15)13-9(2)3/h9-10,12,16H,6-8H2,1-5H3,(H,13,15). The second-order valence-corrected chi connectivity index (χ2v) is 4.79. The summed E-state index contributed by atoms with van der Waals surface area (Å²) in [5.41, 5.74) is 0. The molecule has 16 heavy (non-hydrogen) atoms. The molecule has 2 atom stereocenters. The Kier molecular flexibility index (Phi) is 7.34. The summed E-state index contributed by atoms with van der Waals surface area (Å²) >= 11 is 0. The van der Waals surface area contributed by atoms with Crippen molar-refractivity contribution in [3.63, 3.8) is 0 Å². The van der Waals surface area contributed by atoms with Gasteiger partial charge in [-0.25, -0.2) is 0 Å². The molecule has 0 saturated carbocycles. The van der Waals surface area contributed by atoms with E-state index in [1.165, 1.54) is 0 Å². The second-order valence-electron chi connectivity index (χ2n) is 4.79. The highest BCUT2D eigenvalue weighted by Crippen LogP contribution is 2.15. The summed E-state index contributed by atoms with van der Waals surface area (Å²) in [6.45, 7) is 5.94. The van der Waals surface area contributed by atoms with Crippen LogP contribution in [0.5, 0.6) is 0 Å². The number of rotatable bonds is 7. The first-order chi connectivity index (χ1) is 7.40. The highest BCUT2D eigenvalue weighted by atomic mass is 16.3. The van der Waals surface area contributed by atoms with Crippen molar-refractivity contribution in [1.29, 1.82) is 0 Å². The van der Waals surface area contributed by atoms with E-state index in [0.29, 0.717) is 0 Å². The van der Waals surface area contributed by atoms with Crippen molar-refractivity contribution >= 4 is 5.91 Å². The Morgan fingerprint density at radius 3 is 2.31 bits per heavy atom. The van der Waals surface area contributed by atoms with Crippen LogP contribution in [0, 0.1) is 5.92 Å². The Hall–Kier alpha value is -0.610. The van der Waals surface area contributed by atoms with Gasteiger partial charge in [-0.15, -0.1) is 0 Å². The number of unbranched alkanes of at least 4 members (excludes halogenated alkanes) is 1. The van der Waals surface area contributed by atoms with Gasteiger partial charge in [-0.2, -0.15) is 0 Å². The van der Waals surface area contributed by atoms with Crippen LogP contribution in [0.3, 0.4) is 0 Å².